The first-order chi connectivity index (χ1) is 10.1. The molecule has 3 unspecified atom stereocenters. The van der Waals surface area contributed by atoms with Gasteiger partial charge in [0.1, 0.15) is 0 Å². The Morgan fingerprint density at radius 1 is 1.19 bits per heavy atom. The molecule has 0 saturated carbocycles. The van der Waals surface area contributed by atoms with Crippen molar-refractivity contribution < 1.29 is 0 Å². The van der Waals surface area contributed by atoms with Crippen LogP contribution >= 0.6 is 0 Å². The van der Waals surface area contributed by atoms with Gasteiger partial charge in [-0.1, -0.05) is 44.2 Å². The largest absolute Gasteiger partial charge is 0.307 e. The van der Waals surface area contributed by atoms with Crippen LogP contribution in [0, 0.1) is 11.8 Å². The Kier molecular flexibility index (Phi) is 6.25. The average Bonchev–Trinajstić information content (AvgIpc) is 2.47. The van der Waals surface area contributed by atoms with Crippen LogP contribution in [0.3, 0.4) is 0 Å². The molecule has 0 radical (unpaired) electrons. The van der Waals surface area contributed by atoms with Crippen molar-refractivity contribution in [1.82, 2.24) is 10.2 Å². The SMILES string of the molecule is CC(C)CC(NC(C)C1CCCN(C)C1)c1ccccc1. The molecule has 2 heteroatoms. The third kappa shape index (κ3) is 5.12. The van der Waals surface area contributed by atoms with Gasteiger partial charge in [-0.2, -0.15) is 0 Å². The topological polar surface area (TPSA) is 15.3 Å². The maximum absolute atomic E-state index is 3.93. The van der Waals surface area contributed by atoms with Gasteiger partial charge in [0.05, 0.1) is 0 Å². The van der Waals surface area contributed by atoms with Crippen molar-refractivity contribution in [2.75, 3.05) is 20.1 Å². The molecule has 118 valence electrons. The lowest BCUT2D eigenvalue weighted by Gasteiger charge is -2.36. The fourth-order valence-corrected chi connectivity index (χ4v) is 3.52. The molecule has 0 amide bonds. The van der Waals surface area contributed by atoms with E-state index in [2.05, 4.69) is 68.4 Å². The smallest absolute Gasteiger partial charge is 0.0325 e. The Hall–Kier alpha value is -0.860. The van der Waals surface area contributed by atoms with Crippen LogP contribution in [0.1, 0.15) is 51.6 Å². The van der Waals surface area contributed by atoms with Gasteiger partial charge in [0, 0.05) is 18.6 Å². The number of rotatable bonds is 6. The van der Waals surface area contributed by atoms with Crippen LogP contribution < -0.4 is 5.32 Å². The highest BCUT2D eigenvalue weighted by Crippen LogP contribution is 2.25. The number of piperidine rings is 1. The molecule has 1 aliphatic rings. The van der Waals surface area contributed by atoms with E-state index in [1.165, 1.54) is 37.9 Å². The summed E-state index contributed by atoms with van der Waals surface area (Å²) in [7, 11) is 2.25. The van der Waals surface area contributed by atoms with Crippen LogP contribution in [0.5, 0.6) is 0 Å². The molecule has 2 rings (SSSR count). The summed E-state index contributed by atoms with van der Waals surface area (Å²) in [5.74, 6) is 1.49. The quantitative estimate of drug-likeness (QED) is 0.848. The summed E-state index contributed by atoms with van der Waals surface area (Å²) in [4.78, 5) is 2.48. The van der Waals surface area contributed by atoms with Gasteiger partial charge in [0.25, 0.3) is 0 Å². The van der Waals surface area contributed by atoms with Gasteiger partial charge in [-0.3, -0.25) is 0 Å². The summed E-state index contributed by atoms with van der Waals surface area (Å²) in [5.41, 5.74) is 1.43. The predicted molar refractivity (Wildman–Crippen MR) is 91.5 cm³/mol. The van der Waals surface area contributed by atoms with E-state index in [0.29, 0.717) is 18.0 Å². The van der Waals surface area contributed by atoms with Gasteiger partial charge < -0.3 is 10.2 Å². The zero-order valence-electron chi connectivity index (χ0n) is 14.2. The molecule has 0 spiro atoms. The minimum absolute atomic E-state index is 0.480. The van der Waals surface area contributed by atoms with E-state index >= 15 is 0 Å². The molecule has 1 heterocycles. The van der Waals surface area contributed by atoms with E-state index in [-0.39, 0.29) is 0 Å². The summed E-state index contributed by atoms with van der Waals surface area (Å²) in [6.45, 7) is 9.50. The van der Waals surface area contributed by atoms with E-state index in [1.807, 2.05) is 0 Å². The third-order valence-corrected chi connectivity index (χ3v) is 4.74. The normalized spacial score (nSPS) is 23.2. The third-order valence-electron chi connectivity index (χ3n) is 4.74. The molecular weight excluding hydrogens is 256 g/mol. The van der Waals surface area contributed by atoms with Crippen molar-refractivity contribution in [2.45, 2.75) is 52.1 Å². The van der Waals surface area contributed by atoms with Gasteiger partial charge in [0.2, 0.25) is 0 Å². The molecular formula is C19H32N2. The van der Waals surface area contributed by atoms with Crippen LogP contribution in [-0.4, -0.2) is 31.1 Å². The van der Waals surface area contributed by atoms with E-state index in [4.69, 9.17) is 0 Å². The maximum Gasteiger partial charge on any atom is 0.0325 e. The van der Waals surface area contributed by atoms with Crippen LogP contribution in [0.4, 0.5) is 0 Å². The molecule has 21 heavy (non-hydrogen) atoms. The zero-order chi connectivity index (χ0) is 15.2. The van der Waals surface area contributed by atoms with Crippen LogP contribution in [0.25, 0.3) is 0 Å². The summed E-state index contributed by atoms with van der Waals surface area (Å²) < 4.78 is 0. The lowest BCUT2D eigenvalue weighted by atomic mass is 9.89. The van der Waals surface area contributed by atoms with E-state index in [1.54, 1.807) is 0 Å². The zero-order valence-corrected chi connectivity index (χ0v) is 14.2. The van der Waals surface area contributed by atoms with Crippen molar-refractivity contribution in [3.05, 3.63) is 35.9 Å². The van der Waals surface area contributed by atoms with E-state index in [9.17, 15) is 0 Å². The minimum Gasteiger partial charge on any atom is -0.307 e. The lowest BCUT2D eigenvalue weighted by molar-refractivity contribution is 0.170. The number of likely N-dealkylation sites (tertiary alicyclic amines) is 1. The maximum atomic E-state index is 3.93. The molecule has 1 N–H and O–H groups in total. The highest BCUT2D eigenvalue weighted by Gasteiger charge is 2.25. The van der Waals surface area contributed by atoms with Gasteiger partial charge >= 0.3 is 0 Å². The minimum atomic E-state index is 0.480. The molecule has 2 nitrogen and oxygen atoms in total. The first-order valence-electron chi connectivity index (χ1n) is 8.55. The number of nitrogens with one attached hydrogen (secondary N) is 1. The Labute approximate surface area is 130 Å². The van der Waals surface area contributed by atoms with Crippen LogP contribution in [0.15, 0.2) is 30.3 Å². The van der Waals surface area contributed by atoms with Crippen LogP contribution in [0.2, 0.25) is 0 Å². The molecule has 0 bridgehead atoms. The van der Waals surface area contributed by atoms with Crippen molar-refractivity contribution >= 4 is 0 Å². The molecule has 1 fully saturated rings. The summed E-state index contributed by atoms with van der Waals surface area (Å²) in [6.07, 6.45) is 3.91. The van der Waals surface area contributed by atoms with Crippen molar-refractivity contribution in [3.63, 3.8) is 0 Å². The van der Waals surface area contributed by atoms with Crippen molar-refractivity contribution in [2.24, 2.45) is 11.8 Å². The Bertz CT molecular complexity index is 401. The Balaban J connectivity index is 2.00. The number of nitrogens with zero attached hydrogens (tertiary/aromatic N) is 1. The van der Waals surface area contributed by atoms with Crippen LogP contribution in [-0.2, 0) is 0 Å². The molecule has 1 aromatic carbocycles. The van der Waals surface area contributed by atoms with Gasteiger partial charge in [-0.15, -0.1) is 0 Å². The Morgan fingerprint density at radius 2 is 1.90 bits per heavy atom. The monoisotopic (exact) mass is 288 g/mol. The second-order valence-electron chi connectivity index (χ2n) is 7.21. The van der Waals surface area contributed by atoms with Gasteiger partial charge in [-0.25, -0.2) is 0 Å². The molecule has 0 aromatic heterocycles. The molecule has 1 aliphatic heterocycles. The number of benzene rings is 1. The lowest BCUT2D eigenvalue weighted by Crippen LogP contribution is -2.44. The summed E-state index contributed by atoms with van der Waals surface area (Å²) in [5, 5.41) is 3.93. The average molecular weight is 288 g/mol. The summed E-state index contributed by atoms with van der Waals surface area (Å²) >= 11 is 0. The molecule has 1 saturated heterocycles. The highest BCUT2D eigenvalue weighted by atomic mass is 15.1. The number of hydrogen-bond acceptors (Lipinski definition) is 2. The first kappa shape index (κ1) is 16.5. The standard InChI is InChI=1S/C19H32N2/c1-15(2)13-19(17-9-6-5-7-10-17)20-16(3)18-11-8-12-21(4)14-18/h5-7,9-10,15-16,18-20H,8,11-14H2,1-4H3. The molecule has 3 atom stereocenters. The predicted octanol–water partition coefficient (Wildman–Crippen LogP) is 4.09. The van der Waals surface area contributed by atoms with E-state index < -0.39 is 0 Å². The number of hydrogen-bond donors (Lipinski definition) is 1. The van der Waals surface area contributed by atoms with Gasteiger partial charge in [-0.05, 0) is 57.2 Å². The van der Waals surface area contributed by atoms with Crippen molar-refractivity contribution in [1.29, 1.82) is 0 Å². The first-order valence-corrected chi connectivity index (χ1v) is 8.55. The van der Waals surface area contributed by atoms with Crippen molar-refractivity contribution in [3.8, 4) is 0 Å². The fraction of sp³-hybridized carbons (Fsp3) is 0.684. The highest BCUT2D eigenvalue weighted by molar-refractivity contribution is 5.19. The molecule has 0 aliphatic carbocycles. The van der Waals surface area contributed by atoms with Gasteiger partial charge in [0.15, 0.2) is 0 Å². The second-order valence-corrected chi connectivity index (χ2v) is 7.21. The second kappa shape index (κ2) is 7.95. The van der Waals surface area contributed by atoms with E-state index in [0.717, 1.165) is 5.92 Å². The Morgan fingerprint density at radius 3 is 2.52 bits per heavy atom. The fourth-order valence-electron chi connectivity index (χ4n) is 3.52. The summed E-state index contributed by atoms with van der Waals surface area (Å²) in [6, 6.07) is 12.0. The molecule has 1 aromatic rings.